The number of thiazole rings is 1. The van der Waals surface area contributed by atoms with E-state index >= 15 is 0 Å². The van der Waals surface area contributed by atoms with Crippen molar-refractivity contribution >= 4 is 29.7 Å². The SMILES string of the molecule is COc1ccc(OC)c(C(C)NC(=O)c2csc(CCN)n2)c1.Cl. The van der Waals surface area contributed by atoms with Crippen molar-refractivity contribution in [3.63, 3.8) is 0 Å². The van der Waals surface area contributed by atoms with Gasteiger partial charge in [0.05, 0.1) is 25.3 Å². The lowest BCUT2D eigenvalue weighted by Gasteiger charge is -2.17. The lowest BCUT2D eigenvalue weighted by atomic mass is 10.1. The molecule has 1 heterocycles. The number of hydrogen-bond acceptors (Lipinski definition) is 6. The van der Waals surface area contributed by atoms with E-state index in [1.54, 1.807) is 19.6 Å². The molecule has 132 valence electrons. The van der Waals surface area contributed by atoms with Crippen molar-refractivity contribution in [3.05, 3.63) is 39.8 Å². The Morgan fingerprint density at radius 1 is 1.38 bits per heavy atom. The average Bonchev–Trinajstić information content (AvgIpc) is 3.03. The Labute approximate surface area is 151 Å². The molecule has 1 aromatic heterocycles. The van der Waals surface area contributed by atoms with Crippen molar-refractivity contribution in [2.45, 2.75) is 19.4 Å². The molecule has 1 aromatic carbocycles. The maximum absolute atomic E-state index is 12.3. The minimum atomic E-state index is -0.243. The maximum atomic E-state index is 12.3. The second kappa shape index (κ2) is 9.46. The fourth-order valence-corrected chi connectivity index (χ4v) is 2.97. The van der Waals surface area contributed by atoms with Gasteiger partial charge in [0.2, 0.25) is 0 Å². The Morgan fingerprint density at radius 2 is 2.12 bits per heavy atom. The topological polar surface area (TPSA) is 86.5 Å². The number of nitrogens with two attached hydrogens (primary N) is 1. The average molecular weight is 372 g/mol. The number of nitrogens with one attached hydrogen (secondary N) is 1. The lowest BCUT2D eigenvalue weighted by Crippen LogP contribution is -2.27. The minimum Gasteiger partial charge on any atom is -0.497 e. The number of methoxy groups -OCH3 is 2. The van der Waals surface area contributed by atoms with E-state index in [4.69, 9.17) is 15.2 Å². The quantitative estimate of drug-likeness (QED) is 0.781. The summed E-state index contributed by atoms with van der Waals surface area (Å²) in [4.78, 5) is 16.6. The first kappa shape index (κ1) is 20.2. The van der Waals surface area contributed by atoms with E-state index in [1.165, 1.54) is 11.3 Å². The first-order chi connectivity index (χ1) is 11.1. The van der Waals surface area contributed by atoms with E-state index in [0.29, 0.717) is 30.2 Å². The molecule has 8 heteroatoms. The molecule has 3 N–H and O–H groups in total. The summed E-state index contributed by atoms with van der Waals surface area (Å²) in [6.45, 7) is 2.41. The van der Waals surface area contributed by atoms with Gasteiger partial charge in [-0.2, -0.15) is 0 Å². The standard InChI is InChI=1S/C16H21N3O3S.ClH/c1-10(12-8-11(21-2)4-5-14(12)22-3)18-16(20)13-9-23-15(19-13)6-7-17;/h4-5,8-10H,6-7,17H2,1-3H3,(H,18,20);1H. The number of aromatic nitrogens is 1. The third-order valence-corrected chi connectivity index (χ3v) is 4.30. The highest BCUT2D eigenvalue weighted by molar-refractivity contribution is 7.09. The van der Waals surface area contributed by atoms with E-state index in [-0.39, 0.29) is 24.4 Å². The molecule has 2 rings (SSSR count). The molecule has 0 saturated heterocycles. The van der Waals surface area contributed by atoms with E-state index in [2.05, 4.69) is 10.3 Å². The molecule has 6 nitrogen and oxygen atoms in total. The van der Waals surface area contributed by atoms with Crippen LogP contribution in [0.3, 0.4) is 0 Å². The Kier molecular flexibility index (Phi) is 7.97. The van der Waals surface area contributed by atoms with Gasteiger partial charge in [0.15, 0.2) is 0 Å². The van der Waals surface area contributed by atoms with E-state index < -0.39 is 0 Å². The van der Waals surface area contributed by atoms with Gasteiger partial charge in [0.25, 0.3) is 5.91 Å². The highest BCUT2D eigenvalue weighted by Crippen LogP contribution is 2.29. The second-order valence-corrected chi connectivity index (χ2v) is 5.91. The van der Waals surface area contributed by atoms with Gasteiger partial charge in [0, 0.05) is 17.4 Å². The van der Waals surface area contributed by atoms with E-state index in [0.717, 1.165) is 10.6 Å². The van der Waals surface area contributed by atoms with E-state index in [1.807, 2.05) is 25.1 Å². The summed E-state index contributed by atoms with van der Waals surface area (Å²) in [7, 11) is 3.20. The number of carbonyl (C=O) groups excluding carboxylic acids is 1. The molecule has 0 bridgehead atoms. The molecule has 0 aliphatic rings. The number of ether oxygens (including phenoxy) is 2. The van der Waals surface area contributed by atoms with Gasteiger partial charge in [-0.3, -0.25) is 4.79 Å². The van der Waals surface area contributed by atoms with Crippen LogP contribution in [0.15, 0.2) is 23.6 Å². The summed E-state index contributed by atoms with van der Waals surface area (Å²) in [5.41, 5.74) is 6.76. The molecule has 24 heavy (non-hydrogen) atoms. The van der Waals surface area contributed by atoms with Crippen molar-refractivity contribution in [2.75, 3.05) is 20.8 Å². The Morgan fingerprint density at radius 3 is 2.75 bits per heavy atom. The zero-order valence-electron chi connectivity index (χ0n) is 13.9. The third-order valence-electron chi connectivity index (χ3n) is 3.39. The van der Waals surface area contributed by atoms with Crippen LogP contribution in [0, 0.1) is 0 Å². The molecular formula is C16H22ClN3O3S. The third kappa shape index (κ3) is 4.83. The van der Waals surface area contributed by atoms with Crippen LogP contribution in [-0.4, -0.2) is 31.7 Å². The summed E-state index contributed by atoms with van der Waals surface area (Å²) >= 11 is 1.44. The zero-order chi connectivity index (χ0) is 16.8. The molecule has 1 atom stereocenters. The summed E-state index contributed by atoms with van der Waals surface area (Å²) in [6, 6.07) is 5.24. The smallest absolute Gasteiger partial charge is 0.271 e. The molecule has 0 aliphatic heterocycles. The molecule has 1 amide bonds. The van der Waals surface area contributed by atoms with Crippen LogP contribution in [0.2, 0.25) is 0 Å². The number of benzene rings is 1. The van der Waals surface area contributed by atoms with Crippen molar-refractivity contribution in [1.82, 2.24) is 10.3 Å². The summed E-state index contributed by atoms with van der Waals surface area (Å²) < 4.78 is 10.6. The van der Waals surface area contributed by atoms with Crippen LogP contribution >= 0.6 is 23.7 Å². The monoisotopic (exact) mass is 371 g/mol. The molecule has 0 aliphatic carbocycles. The Balaban J connectivity index is 0.00000288. The molecule has 2 aromatic rings. The van der Waals surface area contributed by atoms with Gasteiger partial charge in [-0.25, -0.2) is 4.98 Å². The fourth-order valence-electron chi connectivity index (χ4n) is 2.18. The predicted octanol–water partition coefficient (Wildman–Crippen LogP) is 2.57. The first-order valence-corrected chi connectivity index (χ1v) is 8.14. The normalized spacial score (nSPS) is 11.3. The van der Waals surface area contributed by atoms with Gasteiger partial charge in [0.1, 0.15) is 17.2 Å². The van der Waals surface area contributed by atoms with Crippen LogP contribution in [0.4, 0.5) is 0 Å². The number of rotatable bonds is 7. The summed E-state index contributed by atoms with van der Waals surface area (Å²) in [6.07, 6.45) is 0.678. The largest absolute Gasteiger partial charge is 0.497 e. The minimum absolute atomic E-state index is 0. The Hall–Kier alpha value is -1.83. The lowest BCUT2D eigenvalue weighted by molar-refractivity contribution is 0.0935. The van der Waals surface area contributed by atoms with Crippen molar-refractivity contribution < 1.29 is 14.3 Å². The van der Waals surface area contributed by atoms with Crippen molar-refractivity contribution in [1.29, 1.82) is 0 Å². The van der Waals surface area contributed by atoms with Gasteiger partial charge >= 0.3 is 0 Å². The molecule has 0 fully saturated rings. The number of halogens is 1. The van der Waals surface area contributed by atoms with Gasteiger partial charge in [-0.05, 0) is 31.7 Å². The zero-order valence-corrected chi connectivity index (χ0v) is 15.5. The molecule has 0 spiro atoms. The number of amides is 1. The number of carbonyl (C=O) groups is 1. The van der Waals surface area contributed by atoms with Crippen LogP contribution in [-0.2, 0) is 6.42 Å². The van der Waals surface area contributed by atoms with Crippen molar-refractivity contribution in [2.24, 2.45) is 5.73 Å². The second-order valence-electron chi connectivity index (χ2n) is 4.97. The predicted molar refractivity (Wildman–Crippen MR) is 97.5 cm³/mol. The maximum Gasteiger partial charge on any atom is 0.271 e. The van der Waals surface area contributed by atoms with Gasteiger partial charge < -0.3 is 20.5 Å². The van der Waals surface area contributed by atoms with Crippen LogP contribution in [0.1, 0.15) is 34.0 Å². The number of nitrogens with zero attached hydrogens (tertiary/aromatic N) is 1. The van der Waals surface area contributed by atoms with Crippen LogP contribution < -0.4 is 20.5 Å². The van der Waals surface area contributed by atoms with Crippen LogP contribution in [0.5, 0.6) is 11.5 Å². The summed E-state index contributed by atoms with van der Waals surface area (Å²) in [5, 5.41) is 5.54. The highest BCUT2D eigenvalue weighted by atomic mass is 35.5. The summed E-state index contributed by atoms with van der Waals surface area (Å²) in [5.74, 6) is 1.18. The Bertz CT molecular complexity index is 678. The van der Waals surface area contributed by atoms with Gasteiger partial charge in [-0.1, -0.05) is 0 Å². The molecule has 0 saturated carbocycles. The van der Waals surface area contributed by atoms with Gasteiger partial charge in [-0.15, -0.1) is 23.7 Å². The first-order valence-electron chi connectivity index (χ1n) is 7.26. The molecular weight excluding hydrogens is 350 g/mol. The fraction of sp³-hybridized carbons (Fsp3) is 0.375. The van der Waals surface area contributed by atoms with Crippen molar-refractivity contribution in [3.8, 4) is 11.5 Å². The number of hydrogen-bond donors (Lipinski definition) is 2. The van der Waals surface area contributed by atoms with E-state index in [9.17, 15) is 4.79 Å². The molecule has 1 unspecified atom stereocenters. The molecule has 0 radical (unpaired) electrons. The van der Waals surface area contributed by atoms with Crippen LogP contribution in [0.25, 0.3) is 0 Å². The highest BCUT2D eigenvalue weighted by Gasteiger charge is 2.18.